The first-order chi connectivity index (χ1) is 9.74. The van der Waals surface area contributed by atoms with E-state index in [1.54, 1.807) is 25.1 Å². The van der Waals surface area contributed by atoms with Gasteiger partial charge in [-0.05, 0) is 24.6 Å². The van der Waals surface area contributed by atoms with Gasteiger partial charge in [-0.2, -0.15) is 0 Å². The number of hydrogen-bond donors (Lipinski definition) is 1. The van der Waals surface area contributed by atoms with Gasteiger partial charge >= 0.3 is 0 Å². The van der Waals surface area contributed by atoms with E-state index in [1.165, 1.54) is 10.6 Å². The second kappa shape index (κ2) is 8.12. The van der Waals surface area contributed by atoms with Crippen LogP contribution in [0.2, 0.25) is 5.02 Å². The van der Waals surface area contributed by atoms with Crippen molar-refractivity contribution in [2.24, 2.45) is 0 Å². The maximum absolute atomic E-state index is 11.9. The quantitative estimate of drug-likeness (QED) is 0.719. The molecule has 0 saturated carbocycles. The molecular weight excluding hydrogens is 380 g/mol. The van der Waals surface area contributed by atoms with E-state index >= 15 is 0 Å². The Kier molecular flexibility index (Phi) is 7.12. The van der Waals surface area contributed by atoms with Gasteiger partial charge in [-0.15, -0.1) is 0 Å². The van der Waals surface area contributed by atoms with Crippen LogP contribution in [0.25, 0.3) is 0 Å². The Balaban J connectivity index is 2.47. The fraction of sp³-hybridized carbons (Fsp3) is 0.462. The molecule has 1 aromatic carbocycles. The van der Waals surface area contributed by atoms with Gasteiger partial charge < -0.3 is 5.32 Å². The molecule has 0 heterocycles. The van der Waals surface area contributed by atoms with Crippen molar-refractivity contribution in [3.05, 3.63) is 33.3 Å². The minimum absolute atomic E-state index is 0.236. The van der Waals surface area contributed by atoms with Crippen LogP contribution >= 0.6 is 27.5 Å². The molecule has 0 radical (unpaired) electrons. The lowest BCUT2D eigenvalue weighted by molar-refractivity contribution is 0.0952. The van der Waals surface area contributed by atoms with Crippen molar-refractivity contribution in [3.63, 3.8) is 0 Å². The molecule has 0 aliphatic carbocycles. The SMILES string of the molecule is CCN(CCCNC(=O)c1cc(Cl)cc(Br)c1)S(C)(=O)=O. The number of carbonyl (C=O) groups excluding carboxylic acids is 1. The first-order valence-electron chi connectivity index (χ1n) is 6.43. The third kappa shape index (κ3) is 6.34. The number of hydrogen-bond acceptors (Lipinski definition) is 3. The summed E-state index contributed by atoms with van der Waals surface area (Å²) in [5.41, 5.74) is 0.463. The van der Waals surface area contributed by atoms with E-state index in [0.29, 0.717) is 36.6 Å². The summed E-state index contributed by atoms with van der Waals surface area (Å²) in [6.45, 7) is 2.99. The van der Waals surface area contributed by atoms with Crippen LogP contribution in [0.15, 0.2) is 22.7 Å². The first-order valence-corrected chi connectivity index (χ1v) is 9.45. The number of benzene rings is 1. The van der Waals surface area contributed by atoms with Crippen LogP contribution in [0.3, 0.4) is 0 Å². The normalized spacial score (nSPS) is 11.7. The molecule has 0 unspecified atom stereocenters. The predicted octanol–water partition coefficient (Wildman–Crippen LogP) is 2.50. The second-order valence-corrected chi connectivity index (χ2v) is 7.86. The van der Waals surface area contributed by atoms with Gasteiger partial charge in [0.1, 0.15) is 0 Å². The van der Waals surface area contributed by atoms with Crippen LogP contribution in [-0.4, -0.2) is 44.5 Å². The summed E-state index contributed by atoms with van der Waals surface area (Å²) in [5.74, 6) is -0.236. The Morgan fingerprint density at radius 2 is 2.05 bits per heavy atom. The molecule has 1 rings (SSSR count). The van der Waals surface area contributed by atoms with E-state index in [4.69, 9.17) is 11.6 Å². The van der Waals surface area contributed by atoms with Crippen molar-refractivity contribution < 1.29 is 13.2 Å². The van der Waals surface area contributed by atoms with Gasteiger partial charge in [0.15, 0.2) is 0 Å². The predicted molar refractivity (Wildman–Crippen MR) is 88.2 cm³/mol. The maximum atomic E-state index is 11.9. The van der Waals surface area contributed by atoms with E-state index in [1.807, 2.05) is 0 Å². The molecule has 21 heavy (non-hydrogen) atoms. The Morgan fingerprint density at radius 3 is 2.57 bits per heavy atom. The molecule has 0 aliphatic rings. The van der Waals surface area contributed by atoms with Gasteiger partial charge in [0.25, 0.3) is 5.91 Å². The molecule has 0 atom stereocenters. The zero-order chi connectivity index (χ0) is 16.0. The number of sulfonamides is 1. The fourth-order valence-electron chi connectivity index (χ4n) is 1.80. The number of carbonyl (C=O) groups is 1. The van der Waals surface area contributed by atoms with Crippen molar-refractivity contribution in [1.82, 2.24) is 9.62 Å². The number of nitrogens with zero attached hydrogens (tertiary/aromatic N) is 1. The standard InChI is InChI=1S/C13H18BrClN2O3S/c1-3-17(21(2,19)20)6-4-5-16-13(18)10-7-11(14)9-12(15)8-10/h7-9H,3-6H2,1-2H3,(H,16,18). The Morgan fingerprint density at radius 1 is 1.38 bits per heavy atom. The summed E-state index contributed by atoms with van der Waals surface area (Å²) in [6.07, 6.45) is 1.73. The number of nitrogens with one attached hydrogen (secondary N) is 1. The number of rotatable bonds is 7. The minimum Gasteiger partial charge on any atom is -0.352 e. The van der Waals surface area contributed by atoms with Crippen molar-refractivity contribution in [2.75, 3.05) is 25.9 Å². The first kappa shape index (κ1) is 18.4. The van der Waals surface area contributed by atoms with Gasteiger partial charge in [-0.3, -0.25) is 4.79 Å². The Bertz CT molecular complexity index is 587. The van der Waals surface area contributed by atoms with Crippen molar-refractivity contribution in [1.29, 1.82) is 0 Å². The fourth-order valence-corrected chi connectivity index (χ4v) is 3.59. The van der Waals surface area contributed by atoms with E-state index in [0.717, 1.165) is 4.47 Å². The lowest BCUT2D eigenvalue weighted by Gasteiger charge is -2.17. The molecule has 1 amide bonds. The van der Waals surface area contributed by atoms with Crippen LogP contribution in [-0.2, 0) is 10.0 Å². The van der Waals surface area contributed by atoms with Crippen LogP contribution < -0.4 is 5.32 Å². The third-order valence-electron chi connectivity index (χ3n) is 2.82. The van der Waals surface area contributed by atoms with Gasteiger partial charge in [-0.1, -0.05) is 34.5 Å². The van der Waals surface area contributed by atoms with Crippen molar-refractivity contribution in [2.45, 2.75) is 13.3 Å². The van der Waals surface area contributed by atoms with Gasteiger partial charge in [0, 0.05) is 34.7 Å². The highest BCUT2D eigenvalue weighted by Crippen LogP contribution is 2.19. The summed E-state index contributed by atoms with van der Waals surface area (Å²) in [6, 6.07) is 4.95. The highest BCUT2D eigenvalue weighted by molar-refractivity contribution is 9.10. The molecule has 8 heteroatoms. The molecule has 0 aliphatic heterocycles. The van der Waals surface area contributed by atoms with E-state index in [-0.39, 0.29) is 5.91 Å². The summed E-state index contributed by atoms with van der Waals surface area (Å²) in [4.78, 5) is 11.9. The molecule has 1 aromatic rings. The van der Waals surface area contributed by atoms with Crippen molar-refractivity contribution >= 4 is 43.5 Å². The van der Waals surface area contributed by atoms with Gasteiger partial charge in [0.2, 0.25) is 10.0 Å². The summed E-state index contributed by atoms with van der Waals surface area (Å²) in [7, 11) is -3.18. The zero-order valence-corrected chi connectivity index (χ0v) is 15.1. The van der Waals surface area contributed by atoms with E-state index < -0.39 is 10.0 Å². The molecule has 1 N–H and O–H groups in total. The average Bonchev–Trinajstić information content (AvgIpc) is 2.35. The number of amides is 1. The molecule has 0 spiro atoms. The van der Waals surface area contributed by atoms with Crippen LogP contribution in [0.4, 0.5) is 0 Å². The molecule has 118 valence electrons. The monoisotopic (exact) mass is 396 g/mol. The minimum atomic E-state index is -3.18. The smallest absolute Gasteiger partial charge is 0.251 e. The van der Waals surface area contributed by atoms with E-state index in [9.17, 15) is 13.2 Å². The third-order valence-corrected chi connectivity index (χ3v) is 4.87. The lowest BCUT2D eigenvalue weighted by Crippen LogP contribution is -2.33. The highest BCUT2D eigenvalue weighted by atomic mass is 79.9. The van der Waals surface area contributed by atoms with Crippen molar-refractivity contribution in [3.8, 4) is 0 Å². The summed E-state index contributed by atoms with van der Waals surface area (Å²) < 4.78 is 24.9. The average molecular weight is 398 g/mol. The maximum Gasteiger partial charge on any atom is 0.251 e. The topological polar surface area (TPSA) is 66.5 Å². The Labute approximate surface area is 138 Å². The highest BCUT2D eigenvalue weighted by Gasteiger charge is 2.13. The van der Waals surface area contributed by atoms with Crippen LogP contribution in [0, 0.1) is 0 Å². The van der Waals surface area contributed by atoms with Crippen LogP contribution in [0.1, 0.15) is 23.7 Å². The molecular formula is C13H18BrClN2O3S. The summed E-state index contributed by atoms with van der Waals surface area (Å²) >= 11 is 9.16. The van der Waals surface area contributed by atoms with Crippen LogP contribution in [0.5, 0.6) is 0 Å². The molecule has 0 fully saturated rings. The largest absolute Gasteiger partial charge is 0.352 e. The zero-order valence-electron chi connectivity index (χ0n) is 11.9. The summed E-state index contributed by atoms with van der Waals surface area (Å²) in [5, 5.41) is 3.22. The van der Waals surface area contributed by atoms with E-state index in [2.05, 4.69) is 21.2 Å². The Hall–Kier alpha value is -0.630. The molecule has 0 aromatic heterocycles. The van der Waals surface area contributed by atoms with Gasteiger partial charge in [0.05, 0.1) is 6.26 Å². The van der Waals surface area contributed by atoms with Gasteiger partial charge in [-0.25, -0.2) is 12.7 Å². The molecule has 0 saturated heterocycles. The lowest BCUT2D eigenvalue weighted by atomic mass is 10.2. The number of halogens is 2. The molecule has 0 bridgehead atoms. The molecule has 5 nitrogen and oxygen atoms in total. The second-order valence-electron chi connectivity index (χ2n) is 4.52.